The number of imidazole rings is 1. The highest BCUT2D eigenvalue weighted by Gasteiger charge is 2.17. The Morgan fingerprint density at radius 1 is 1.26 bits per heavy atom. The molecule has 0 radical (unpaired) electrons. The van der Waals surface area contributed by atoms with Gasteiger partial charge >= 0.3 is 0 Å². The first-order chi connectivity index (χ1) is 8.84. The fourth-order valence-corrected chi connectivity index (χ4v) is 2.25. The van der Waals surface area contributed by atoms with Crippen molar-refractivity contribution in [2.75, 3.05) is 0 Å². The Balaban J connectivity index is 2.58. The van der Waals surface area contributed by atoms with Gasteiger partial charge in [-0.2, -0.15) is 0 Å². The predicted molar refractivity (Wildman–Crippen MR) is 80.0 cm³/mol. The van der Waals surface area contributed by atoms with Gasteiger partial charge in [0, 0.05) is 12.6 Å². The fraction of sp³-hybridized carbons (Fsp3) is 0.438. The first-order valence-electron chi connectivity index (χ1n) is 6.66. The molecule has 0 amide bonds. The molecule has 0 aliphatic carbocycles. The van der Waals surface area contributed by atoms with Crippen molar-refractivity contribution < 1.29 is 0 Å². The van der Waals surface area contributed by atoms with Crippen LogP contribution in [0, 0.1) is 6.92 Å². The molecule has 3 heteroatoms. The lowest BCUT2D eigenvalue weighted by molar-refractivity contribution is 0.590. The summed E-state index contributed by atoms with van der Waals surface area (Å²) in [5.41, 5.74) is 10.8. The first kappa shape index (κ1) is 13.8. The Hall–Kier alpha value is -1.61. The summed E-state index contributed by atoms with van der Waals surface area (Å²) in [6.07, 6.45) is 1.91. The molecule has 0 atom stereocenters. The van der Waals surface area contributed by atoms with Crippen LogP contribution in [0.1, 0.15) is 37.7 Å². The van der Waals surface area contributed by atoms with Crippen LogP contribution >= 0.6 is 0 Å². The van der Waals surface area contributed by atoms with E-state index in [1.165, 1.54) is 16.7 Å². The SMILES string of the molecule is Cc1ccc(C(C)(C)C)cc1-c1cnc(CN)n1C. The van der Waals surface area contributed by atoms with Crippen molar-refractivity contribution in [1.29, 1.82) is 0 Å². The molecule has 0 aliphatic heterocycles. The zero-order valence-corrected chi connectivity index (χ0v) is 12.5. The molecule has 0 bridgehead atoms. The van der Waals surface area contributed by atoms with E-state index in [9.17, 15) is 0 Å². The third-order valence-electron chi connectivity index (χ3n) is 3.65. The Morgan fingerprint density at radius 3 is 2.47 bits per heavy atom. The minimum atomic E-state index is 0.151. The number of aromatic nitrogens is 2. The lowest BCUT2D eigenvalue weighted by atomic mass is 9.85. The Kier molecular flexibility index (Phi) is 3.50. The van der Waals surface area contributed by atoms with Gasteiger partial charge in [0.2, 0.25) is 0 Å². The maximum Gasteiger partial charge on any atom is 0.122 e. The molecule has 2 N–H and O–H groups in total. The van der Waals surface area contributed by atoms with Crippen molar-refractivity contribution in [3.8, 4) is 11.3 Å². The second-order valence-electron chi connectivity index (χ2n) is 6.10. The number of nitrogens with zero attached hydrogens (tertiary/aromatic N) is 2. The average molecular weight is 257 g/mol. The minimum absolute atomic E-state index is 0.151. The fourth-order valence-electron chi connectivity index (χ4n) is 2.25. The molecular weight excluding hydrogens is 234 g/mol. The molecule has 0 fully saturated rings. The van der Waals surface area contributed by atoms with E-state index >= 15 is 0 Å². The van der Waals surface area contributed by atoms with Crippen LogP contribution in [-0.2, 0) is 19.0 Å². The van der Waals surface area contributed by atoms with Crippen LogP contribution in [0.25, 0.3) is 11.3 Å². The number of aryl methyl sites for hydroxylation is 1. The van der Waals surface area contributed by atoms with E-state index in [2.05, 4.69) is 55.4 Å². The summed E-state index contributed by atoms with van der Waals surface area (Å²) in [5, 5.41) is 0. The van der Waals surface area contributed by atoms with Crippen molar-refractivity contribution in [3.05, 3.63) is 41.3 Å². The molecule has 0 saturated carbocycles. The summed E-state index contributed by atoms with van der Waals surface area (Å²) in [6, 6.07) is 6.66. The van der Waals surface area contributed by atoms with Crippen molar-refractivity contribution in [2.24, 2.45) is 12.8 Å². The van der Waals surface area contributed by atoms with Crippen LogP contribution in [0.2, 0.25) is 0 Å². The van der Waals surface area contributed by atoms with Gasteiger partial charge in [-0.05, 0) is 29.5 Å². The van der Waals surface area contributed by atoms with E-state index in [4.69, 9.17) is 5.73 Å². The van der Waals surface area contributed by atoms with Crippen LogP contribution in [0.4, 0.5) is 0 Å². The zero-order valence-electron chi connectivity index (χ0n) is 12.5. The monoisotopic (exact) mass is 257 g/mol. The lowest BCUT2D eigenvalue weighted by Gasteiger charge is -2.21. The van der Waals surface area contributed by atoms with Crippen molar-refractivity contribution in [2.45, 2.75) is 39.7 Å². The van der Waals surface area contributed by atoms with Gasteiger partial charge < -0.3 is 10.3 Å². The van der Waals surface area contributed by atoms with E-state index in [1.54, 1.807) is 0 Å². The smallest absolute Gasteiger partial charge is 0.122 e. The number of rotatable bonds is 2. The van der Waals surface area contributed by atoms with Gasteiger partial charge in [-0.25, -0.2) is 4.98 Å². The molecule has 0 saturated heterocycles. The number of hydrogen-bond donors (Lipinski definition) is 1. The van der Waals surface area contributed by atoms with Crippen LogP contribution in [0.3, 0.4) is 0 Å². The van der Waals surface area contributed by atoms with Crippen LogP contribution in [-0.4, -0.2) is 9.55 Å². The van der Waals surface area contributed by atoms with Crippen molar-refractivity contribution in [3.63, 3.8) is 0 Å². The highest BCUT2D eigenvalue weighted by atomic mass is 15.1. The lowest BCUT2D eigenvalue weighted by Crippen LogP contribution is -2.11. The first-order valence-corrected chi connectivity index (χ1v) is 6.66. The number of nitrogens with two attached hydrogens (primary N) is 1. The molecule has 1 heterocycles. The van der Waals surface area contributed by atoms with Gasteiger partial charge in [0.25, 0.3) is 0 Å². The van der Waals surface area contributed by atoms with Crippen LogP contribution in [0.15, 0.2) is 24.4 Å². The van der Waals surface area contributed by atoms with Gasteiger partial charge in [-0.3, -0.25) is 0 Å². The summed E-state index contributed by atoms with van der Waals surface area (Å²) >= 11 is 0. The molecule has 19 heavy (non-hydrogen) atoms. The number of hydrogen-bond acceptors (Lipinski definition) is 2. The molecule has 0 spiro atoms. The van der Waals surface area contributed by atoms with Crippen molar-refractivity contribution >= 4 is 0 Å². The van der Waals surface area contributed by atoms with Gasteiger partial charge in [0.15, 0.2) is 0 Å². The highest BCUT2D eigenvalue weighted by molar-refractivity contribution is 5.65. The topological polar surface area (TPSA) is 43.8 Å². The standard InChI is InChI=1S/C16H23N3/c1-11-6-7-12(16(2,3)4)8-13(11)14-10-18-15(9-17)19(14)5/h6-8,10H,9,17H2,1-5H3. The molecular formula is C16H23N3. The van der Waals surface area contributed by atoms with E-state index in [1.807, 2.05) is 13.2 Å². The van der Waals surface area contributed by atoms with E-state index in [-0.39, 0.29) is 5.41 Å². The Bertz CT molecular complexity index is 589. The van der Waals surface area contributed by atoms with Crippen LogP contribution in [0.5, 0.6) is 0 Å². The van der Waals surface area contributed by atoms with E-state index in [0.717, 1.165) is 11.5 Å². The summed E-state index contributed by atoms with van der Waals surface area (Å²) in [5.74, 6) is 0.913. The molecule has 102 valence electrons. The summed E-state index contributed by atoms with van der Waals surface area (Å²) in [7, 11) is 2.02. The predicted octanol–water partition coefficient (Wildman–Crippen LogP) is 3.15. The summed E-state index contributed by atoms with van der Waals surface area (Å²) in [6.45, 7) is 9.30. The van der Waals surface area contributed by atoms with Gasteiger partial charge in [0.1, 0.15) is 5.82 Å². The largest absolute Gasteiger partial charge is 0.330 e. The van der Waals surface area contributed by atoms with E-state index in [0.29, 0.717) is 6.54 Å². The molecule has 2 aromatic rings. The molecule has 0 aliphatic rings. The maximum absolute atomic E-state index is 5.70. The minimum Gasteiger partial charge on any atom is -0.330 e. The highest BCUT2D eigenvalue weighted by Crippen LogP contribution is 2.30. The average Bonchev–Trinajstić information content (AvgIpc) is 2.69. The van der Waals surface area contributed by atoms with E-state index < -0.39 is 0 Å². The zero-order chi connectivity index (χ0) is 14.2. The van der Waals surface area contributed by atoms with Crippen LogP contribution < -0.4 is 5.73 Å². The van der Waals surface area contributed by atoms with Gasteiger partial charge in [-0.1, -0.05) is 32.9 Å². The van der Waals surface area contributed by atoms with Crippen molar-refractivity contribution in [1.82, 2.24) is 9.55 Å². The quantitative estimate of drug-likeness (QED) is 0.898. The summed E-state index contributed by atoms with van der Waals surface area (Å²) < 4.78 is 2.08. The molecule has 1 aromatic heterocycles. The summed E-state index contributed by atoms with van der Waals surface area (Å²) in [4.78, 5) is 4.38. The normalized spacial score (nSPS) is 11.9. The van der Waals surface area contributed by atoms with Gasteiger partial charge in [-0.15, -0.1) is 0 Å². The molecule has 0 unspecified atom stereocenters. The Morgan fingerprint density at radius 2 is 1.95 bits per heavy atom. The second kappa shape index (κ2) is 4.82. The molecule has 2 rings (SSSR count). The third-order valence-corrected chi connectivity index (χ3v) is 3.65. The second-order valence-corrected chi connectivity index (χ2v) is 6.10. The Labute approximate surface area is 115 Å². The maximum atomic E-state index is 5.70. The number of benzene rings is 1. The third kappa shape index (κ3) is 2.56. The van der Waals surface area contributed by atoms with Gasteiger partial charge in [0.05, 0.1) is 18.4 Å². The molecule has 1 aromatic carbocycles. The molecule has 3 nitrogen and oxygen atoms in total.